The molecule has 5 heteroatoms. The first kappa shape index (κ1) is 8.83. The molecule has 5 nitrogen and oxygen atoms in total. The van der Waals surface area contributed by atoms with Gasteiger partial charge in [-0.2, -0.15) is 0 Å². The summed E-state index contributed by atoms with van der Waals surface area (Å²) >= 11 is 0. The predicted octanol–water partition coefficient (Wildman–Crippen LogP) is 0.475. The minimum absolute atomic E-state index is 0.0690. The van der Waals surface area contributed by atoms with Crippen LogP contribution in [0.5, 0.6) is 0 Å². The highest BCUT2D eigenvalue weighted by atomic mass is 16.8. The van der Waals surface area contributed by atoms with Crippen molar-refractivity contribution in [2.24, 2.45) is 0 Å². The third kappa shape index (κ3) is 2.41. The van der Waals surface area contributed by atoms with Crippen LogP contribution in [-0.4, -0.2) is 31.4 Å². The summed E-state index contributed by atoms with van der Waals surface area (Å²) in [6.07, 6.45) is -1.12. The Morgan fingerprint density at radius 1 is 1.75 bits per heavy atom. The molecule has 1 unspecified atom stereocenters. The number of carbonyl (C=O) groups is 2. The molecular formula is C7H10O5. The van der Waals surface area contributed by atoms with E-state index >= 15 is 0 Å². The van der Waals surface area contributed by atoms with Gasteiger partial charge in [-0.05, 0) is 6.92 Å². The highest BCUT2D eigenvalue weighted by Crippen LogP contribution is 2.10. The lowest BCUT2D eigenvalue weighted by Crippen LogP contribution is -2.17. The Bertz CT molecular complexity index is 188. The molecule has 1 heterocycles. The van der Waals surface area contributed by atoms with Crippen LogP contribution in [0.25, 0.3) is 0 Å². The van der Waals surface area contributed by atoms with E-state index in [0.717, 1.165) is 0 Å². The molecule has 1 aliphatic heterocycles. The molecule has 1 saturated heterocycles. The molecule has 1 fully saturated rings. The Morgan fingerprint density at radius 3 is 3.00 bits per heavy atom. The van der Waals surface area contributed by atoms with Crippen molar-refractivity contribution in [1.29, 1.82) is 0 Å². The molecule has 0 aromatic heterocycles. The van der Waals surface area contributed by atoms with Crippen LogP contribution in [0.2, 0.25) is 0 Å². The Hall–Kier alpha value is -1.26. The van der Waals surface area contributed by atoms with Gasteiger partial charge in [-0.25, -0.2) is 4.79 Å². The van der Waals surface area contributed by atoms with Crippen molar-refractivity contribution in [2.75, 3.05) is 13.2 Å². The predicted molar refractivity (Wildman–Crippen MR) is 37.5 cm³/mol. The molecule has 0 aliphatic carbocycles. The van der Waals surface area contributed by atoms with E-state index in [9.17, 15) is 9.59 Å². The third-order valence-electron chi connectivity index (χ3n) is 1.35. The average Bonchev–Trinajstić information content (AvgIpc) is 2.36. The van der Waals surface area contributed by atoms with Crippen LogP contribution >= 0.6 is 0 Å². The minimum Gasteiger partial charge on any atom is -0.466 e. The highest BCUT2D eigenvalue weighted by molar-refractivity contribution is 5.71. The Labute approximate surface area is 69.6 Å². The van der Waals surface area contributed by atoms with Crippen molar-refractivity contribution >= 4 is 12.1 Å². The van der Waals surface area contributed by atoms with Crippen molar-refractivity contribution in [2.45, 2.75) is 19.4 Å². The van der Waals surface area contributed by atoms with E-state index < -0.39 is 12.3 Å². The molecule has 0 radical (unpaired) electrons. The average molecular weight is 174 g/mol. The van der Waals surface area contributed by atoms with Crippen LogP contribution in [0.1, 0.15) is 13.3 Å². The molecule has 12 heavy (non-hydrogen) atoms. The van der Waals surface area contributed by atoms with E-state index in [1.165, 1.54) is 0 Å². The minimum atomic E-state index is -0.718. The van der Waals surface area contributed by atoms with E-state index in [1.807, 2.05) is 0 Å². The monoisotopic (exact) mass is 174 g/mol. The topological polar surface area (TPSA) is 61.8 Å². The number of ether oxygens (including phenoxy) is 3. The molecule has 1 aliphatic rings. The molecule has 1 atom stereocenters. The maximum atomic E-state index is 10.8. The van der Waals surface area contributed by atoms with Gasteiger partial charge in [0.2, 0.25) is 0 Å². The Balaban J connectivity index is 2.23. The normalized spacial score (nSPS) is 21.4. The summed E-state index contributed by atoms with van der Waals surface area (Å²) < 4.78 is 13.7. The van der Waals surface area contributed by atoms with E-state index in [2.05, 4.69) is 14.2 Å². The van der Waals surface area contributed by atoms with Crippen molar-refractivity contribution < 1.29 is 23.8 Å². The molecule has 0 spiro atoms. The standard InChI is InChI=1S/C7H10O5/c1-2-10-6(8)3-5-4-11-7(9)12-5/h5H,2-4H2,1H3. The Kier molecular flexibility index (Phi) is 2.90. The zero-order valence-electron chi connectivity index (χ0n) is 6.74. The molecule has 0 aromatic rings. The summed E-state index contributed by atoms with van der Waals surface area (Å²) in [7, 11) is 0. The van der Waals surface area contributed by atoms with E-state index in [4.69, 9.17) is 0 Å². The van der Waals surface area contributed by atoms with Gasteiger partial charge in [-0.1, -0.05) is 0 Å². The fourth-order valence-corrected chi connectivity index (χ4v) is 0.872. The highest BCUT2D eigenvalue weighted by Gasteiger charge is 2.27. The van der Waals surface area contributed by atoms with Gasteiger partial charge >= 0.3 is 12.1 Å². The third-order valence-corrected chi connectivity index (χ3v) is 1.35. The molecule has 0 aromatic carbocycles. The summed E-state index contributed by atoms with van der Waals surface area (Å²) in [6, 6.07) is 0. The van der Waals surface area contributed by atoms with E-state index in [-0.39, 0.29) is 19.0 Å². The lowest BCUT2D eigenvalue weighted by molar-refractivity contribution is -0.144. The number of esters is 1. The fraction of sp³-hybridized carbons (Fsp3) is 0.714. The lowest BCUT2D eigenvalue weighted by atomic mass is 10.3. The summed E-state index contributed by atoms with van der Waals surface area (Å²) in [5.41, 5.74) is 0. The second-order valence-electron chi connectivity index (χ2n) is 2.31. The van der Waals surface area contributed by atoms with Crippen molar-refractivity contribution in [3.63, 3.8) is 0 Å². The van der Waals surface area contributed by atoms with Gasteiger partial charge in [0.1, 0.15) is 12.7 Å². The van der Waals surface area contributed by atoms with Gasteiger partial charge in [0.05, 0.1) is 13.0 Å². The number of hydrogen-bond acceptors (Lipinski definition) is 5. The van der Waals surface area contributed by atoms with E-state index in [0.29, 0.717) is 6.61 Å². The first-order valence-electron chi connectivity index (χ1n) is 3.71. The zero-order valence-corrected chi connectivity index (χ0v) is 6.74. The first-order chi connectivity index (χ1) is 5.72. The van der Waals surface area contributed by atoms with Gasteiger partial charge in [0.25, 0.3) is 0 Å². The lowest BCUT2D eigenvalue weighted by Gasteiger charge is -2.04. The van der Waals surface area contributed by atoms with Crippen molar-refractivity contribution in [1.82, 2.24) is 0 Å². The van der Waals surface area contributed by atoms with Gasteiger partial charge in [-0.15, -0.1) is 0 Å². The van der Waals surface area contributed by atoms with Crippen LogP contribution in [0.4, 0.5) is 4.79 Å². The van der Waals surface area contributed by atoms with Crippen molar-refractivity contribution in [3.8, 4) is 0 Å². The second kappa shape index (κ2) is 3.94. The van der Waals surface area contributed by atoms with Gasteiger partial charge in [0.15, 0.2) is 0 Å². The Morgan fingerprint density at radius 2 is 2.50 bits per heavy atom. The molecular weight excluding hydrogens is 164 g/mol. The molecule has 1 rings (SSSR count). The molecule has 0 N–H and O–H groups in total. The van der Waals surface area contributed by atoms with Gasteiger partial charge in [0, 0.05) is 0 Å². The maximum Gasteiger partial charge on any atom is 0.508 e. The summed E-state index contributed by atoms with van der Waals surface area (Å²) in [6.45, 7) is 2.19. The van der Waals surface area contributed by atoms with Crippen LogP contribution in [0.3, 0.4) is 0 Å². The number of carbonyl (C=O) groups excluding carboxylic acids is 2. The molecule has 0 saturated carbocycles. The quantitative estimate of drug-likeness (QED) is 0.582. The summed E-state index contributed by atoms with van der Waals surface area (Å²) in [5.74, 6) is -0.374. The number of rotatable bonds is 3. The van der Waals surface area contributed by atoms with Crippen molar-refractivity contribution in [3.05, 3.63) is 0 Å². The maximum absolute atomic E-state index is 10.8. The number of hydrogen-bond donors (Lipinski definition) is 0. The summed E-state index contributed by atoms with van der Waals surface area (Å²) in [4.78, 5) is 21.2. The molecule has 0 bridgehead atoms. The fourth-order valence-electron chi connectivity index (χ4n) is 0.872. The number of cyclic esters (lactones) is 2. The van der Waals surface area contributed by atoms with E-state index in [1.54, 1.807) is 6.92 Å². The molecule has 68 valence electrons. The van der Waals surface area contributed by atoms with Crippen LogP contribution < -0.4 is 0 Å². The molecule has 0 amide bonds. The van der Waals surface area contributed by atoms with Gasteiger partial charge < -0.3 is 14.2 Å². The van der Waals surface area contributed by atoms with Gasteiger partial charge in [-0.3, -0.25) is 4.79 Å². The smallest absolute Gasteiger partial charge is 0.466 e. The summed E-state index contributed by atoms with van der Waals surface area (Å²) in [5, 5.41) is 0. The largest absolute Gasteiger partial charge is 0.508 e. The zero-order chi connectivity index (χ0) is 8.97. The first-order valence-corrected chi connectivity index (χ1v) is 3.71. The SMILES string of the molecule is CCOC(=O)CC1COC(=O)O1. The van der Waals surface area contributed by atoms with Crippen LogP contribution in [0.15, 0.2) is 0 Å². The second-order valence-corrected chi connectivity index (χ2v) is 2.31. The van der Waals surface area contributed by atoms with Crippen LogP contribution in [-0.2, 0) is 19.0 Å². The van der Waals surface area contributed by atoms with Crippen LogP contribution in [0, 0.1) is 0 Å².